The van der Waals surface area contributed by atoms with Gasteiger partial charge >= 0.3 is 0 Å². The van der Waals surface area contributed by atoms with E-state index in [-0.39, 0.29) is 11.9 Å². The van der Waals surface area contributed by atoms with Crippen LogP contribution in [0.3, 0.4) is 0 Å². The van der Waals surface area contributed by atoms with E-state index in [0.29, 0.717) is 28.4 Å². The van der Waals surface area contributed by atoms with Gasteiger partial charge in [-0.05, 0) is 42.8 Å². The van der Waals surface area contributed by atoms with E-state index in [1.54, 1.807) is 18.2 Å². The summed E-state index contributed by atoms with van der Waals surface area (Å²) in [7, 11) is 0. The van der Waals surface area contributed by atoms with Crippen LogP contribution in [0, 0.1) is 5.82 Å². The largest absolute Gasteiger partial charge is 0.369 e. The van der Waals surface area contributed by atoms with Gasteiger partial charge in [-0.3, -0.25) is 9.89 Å². The Kier molecular flexibility index (Phi) is 4.81. The van der Waals surface area contributed by atoms with Crippen LogP contribution in [0.25, 0.3) is 11.3 Å². The van der Waals surface area contributed by atoms with Crippen molar-refractivity contribution >= 4 is 23.2 Å². The van der Waals surface area contributed by atoms with Crippen LogP contribution >= 0.6 is 11.6 Å². The third-order valence-corrected chi connectivity index (χ3v) is 4.99. The maximum absolute atomic E-state index is 14.1. The van der Waals surface area contributed by atoms with Crippen molar-refractivity contribution in [2.45, 2.75) is 12.5 Å². The Bertz CT molecular complexity index is 957. The summed E-state index contributed by atoms with van der Waals surface area (Å²) >= 11 is 5.94. The minimum absolute atomic E-state index is 0.0107. The molecule has 7 heteroatoms. The molecule has 1 aliphatic heterocycles. The highest BCUT2D eigenvalue weighted by molar-refractivity contribution is 6.30. The molecule has 138 valence electrons. The van der Waals surface area contributed by atoms with Crippen molar-refractivity contribution in [2.75, 3.05) is 18.0 Å². The molecule has 0 aliphatic carbocycles. The van der Waals surface area contributed by atoms with Crippen molar-refractivity contribution in [1.82, 2.24) is 15.5 Å². The van der Waals surface area contributed by atoms with Crippen LogP contribution in [0.1, 0.15) is 16.8 Å². The molecule has 1 fully saturated rings. The lowest BCUT2D eigenvalue weighted by Crippen LogP contribution is -2.37. The average Bonchev–Trinajstić information content (AvgIpc) is 3.32. The quantitative estimate of drug-likeness (QED) is 0.717. The van der Waals surface area contributed by atoms with Gasteiger partial charge in [-0.15, -0.1) is 0 Å². The second-order valence-electron chi connectivity index (χ2n) is 6.52. The summed E-state index contributed by atoms with van der Waals surface area (Å²) in [6.07, 6.45) is 2.27. The number of rotatable bonds is 4. The number of halogens is 2. The topological polar surface area (TPSA) is 61.0 Å². The summed E-state index contributed by atoms with van der Waals surface area (Å²) in [5.74, 6) is -0.657. The van der Waals surface area contributed by atoms with Crippen molar-refractivity contribution in [1.29, 1.82) is 0 Å². The number of carbonyl (C=O) groups is 1. The molecule has 1 aliphatic rings. The summed E-state index contributed by atoms with van der Waals surface area (Å²) in [5, 5.41) is 10.4. The van der Waals surface area contributed by atoms with Gasteiger partial charge in [0.1, 0.15) is 5.82 Å². The highest BCUT2D eigenvalue weighted by Gasteiger charge is 2.26. The SMILES string of the molecule is O=C(NC1CCN(c2ccc(Cl)cc2)C1)c1cn[nH]c1-c1ccccc1F. The molecule has 0 spiro atoms. The number of aromatic nitrogens is 2. The zero-order valence-electron chi connectivity index (χ0n) is 14.5. The molecule has 2 N–H and O–H groups in total. The monoisotopic (exact) mass is 384 g/mol. The lowest BCUT2D eigenvalue weighted by atomic mass is 10.1. The van der Waals surface area contributed by atoms with Crippen LogP contribution < -0.4 is 10.2 Å². The Morgan fingerprint density at radius 2 is 2.00 bits per heavy atom. The van der Waals surface area contributed by atoms with Crippen molar-refractivity contribution in [3.63, 3.8) is 0 Å². The number of anilines is 1. The fourth-order valence-corrected chi connectivity index (χ4v) is 3.48. The standard InChI is InChI=1S/C20H18ClFN4O/c21-13-5-7-15(8-6-13)26-10-9-14(12-26)24-20(27)17-11-23-25-19(17)16-3-1-2-4-18(16)22/h1-8,11,14H,9-10,12H2,(H,23,25)(H,24,27). The second kappa shape index (κ2) is 7.40. The summed E-state index contributed by atoms with van der Waals surface area (Å²) in [5.41, 5.74) is 2.13. The number of aromatic amines is 1. The molecule has 2 heterocycles. The van der Waals surface area contributed by atoms with Crippen LogP contribution in [0.2, 0.25) is 5.02 Å². The van der Waals surface area contributed by atoms with E-state index in [1.807, 2.05) is 24.3 Å². The highest BCUT2D eigenvalue weighted by Crippen LogP contribution is 2.25. The molecule has 1 unspecified atom stereocenters. The van der Waals surface area contributed by atoms with Crippen molar-refractivity contribution in [3.8, 4) is 11.3 Å². The minimum atomic E-state index is -0.398. The molecular formula is C20H18ClFN4O. The van der Waals surface area contributed by atoms with Gasteiger partial charge in [0.15, 0.2) is 0 Å². The van der Waals surface area contributed by atoms with Crippen molar-refractivity contribution in [3.05, 3.63) is 71.1 Å². The Labute approximate surface area is 161 Å². The van der Waals surface area contributed by atoms with Gasteiger partial charge in [-0.1, -0.05) is 23.7 Å². The van der Waals surface area contributed by atoms with E-state index in [9.17, 15) is 9.18 Å². The van der Waals surface area contributed by atoms with Crippen LogP contribution in [-0.2, 0) is 0 Å². The fraction of sp³-hybridized carbons (Fsp3) is 0.200. The lowest BCUT2D eigenvalue weighted by Gasteiger charge is -2.19. The molecule has 27 heavy (non-hydrogen) atoms. The molecule has 0 bridgehead atoms. The second-order valence-corrected chi connectivity index (χ2v) is 6.96. The molecule has 1 saturated heterocycles. The van der Waals surface area contributed by atoms with Crippen LogP contribution in [0.4, 0.5) is 10.1 Å². The molecule has 1 aromatic heterocycles. The maximum atomic E-state index is 14.1. The highest BCUT2D eigenvalue weighted by atomic mass is 35.5. The predicted molar refractivity (Wildman–Crippen MR) is 104 cm³/mol. The van der Waals surface area contributed by atoms with Gasteiger partial charge in [-0.25, -0.2) is 4.39 Å². The number of carbonyl (C=O) groups excluding carboxylic acids is 1. The number of nitrogens with one attached hydrogen (secondary N) is 2. The molecule has 3 aromatic rings. The lowest BCUT2D eigenvalue weighted by molar-refractivity contribution is 0.0941. The van der Waals surface area contributed by atoms with Crippen molar-refractivity contribution in [2.24, 2.45) is 0 Å². The molecule has 1 atom stereocenters. The minimum Gasteiger partial charge on any atom is -0.369 e. The number of hydrogen-bond donors (Lipinski definition) is 2. The van der Waals surface area contributed by atoms with Gasteiger partial charge in [-0.2, -0.15) is 5.10 Å². The Balaban J connectivity index is 1.46. The van der Waals surface area contributed by atoms with E-state index in [0.717, 1.165) is 18.7 Å². The molecule has 0 radical (unpaired) electrons. The number of nitrogens with zero attached hydrogens (tertiary/aromatic N) is 2. The van der Waals surface area contributed by atoms with E-state index >= 15 is 0 Å². The third-order valence-electron chi connectivity index (χ3n) is 4.74. The molecule has 5 nitrogen and oxygen atoms in total. The first-order valence-electron chi connectivity index (χ1n) is 8.71. The maximum Gasteiger partial charge on any atom is 0.255 e. The first kappa shape index (κ1) is 17.5. The summed E-state index contributed by atoms with van der Waals surface area (Å²) in [4.78, 5) is 14.9. The Morgan fingerprint density at radius 1 is 1.22 bits per heavy atom. The van der Waals surface area contributed by atoms with Gasteiger partial charge in [0.2, 0.25) is 0 Å². The van der Waals surface area contributed by atoms with E-state index < -0.39 is 5.82 Å². The van der Waals surface area contributed by atoms with E-state index in [1.165, 1.54) is 12.3 Å². The zero-order chi connectivity index (χ0) is 18.8. The van der Waals surface area contributed by atoms with E-state index in [4.69, 9.17) is 11.6 Å². The van der Waals surface area contributed by atoms with Gasteiger partial charge < -0.3 is 10.2 Å². The number of H-pyrrole nitrogens is 1. The van der Waals surface area contributed by atoms with Gasteiger partial charge in [0, 0.05) is 35.4 Å². The normalized spacial score (nSPS) is 16.5. The zero-order valence-corrected chi connectivity index (χ0v) is 15.2. The summed E-state index contributed by atoms with van der Waals surface area (Å²) in [6.45, 7) is 1.55. The van der Waals surface area contributed by atoms with Crippen molar-refractivity contribution < 1.29 is 9.18 Å². The third kappa shape index (κ3) is 3.66. The van der Waals surface area contributed by atoms with E-state index in [2.05, 4.69) is 20.4 Å². The smallest absolute Gasteiger partial charge is 0.255 e. The molecule has 2 aromatic carbocycles. The predicted octanol–water partition coefficient (Wildman–Crippen LogP) is 3.88. The summed E-state index contributed by atoms with van der Waals surface area (Å²) < 4.78 is 14.1. The molecule has 4 rings (SSSR count). The summed E-state index contributed by atoms with van der Waals surface area (Å²) in [6, 6.07) is 14.0. The number of benzene rings is 2. The van der Waals surface area contributed by atoms with Gasteiger partial charge in [0.05, 0.1) is 17.5 Å². The fourth-order valence-electron chi connectivity index (χ4n) is 3.36. The Morgan fingerprint density at radius 3 is 2.78 bits per heavy atom. The number of amides is 1. The van der Waals surface area contributed by atoms with Crippen LogP contribution in [-0.4, -0.2) is 35.2 Å². The Hall–Kier alpha value is -2.86. The average molecular weight is 385 g/mol. The first-order chi connectivity index (χ1) is 13.1. The van der Waals surface area contributed by atoms with Crippen LogP contribution in [0.5, 0.6) is 0 Å². The molecule has 0 saturated carbocycles. The van der Waals surface area contributed by atoms with Gasteiger partial charge in [0.25, 0.3) is 5.91 Å². The van der Waals surface area contributed by atoms with Crippen LogP contribution in [0.15, 0.2) is 54.7 Å². The number of hydrogen-bond acceptors (Lipinski definition) is 3. The first-order valence-corrected chi connectivity index (χ1v) is 9.09. The molecule has 1 amide bonds. The molecular weight excluding hydrogens is 367 g/mol.